The summed E-state index contributed by atoms with van der Waals surface area (Å²) in [5.41, 5.74) is 2.59. The smallest absolute Gasteiger partial charge is 0.330 e. The molecule has 0 fully saturated rings. The van der Waals surface area contributed by atoms with Crippen molar-refractivity contribution in [3.63, 3.8) is 0 Å². The van der Waals surface area contributed by atoms with Crippen molar-refractivity contribution >= 4 is 5.97 Å². The predicted octanol–water partition coefficient (Wildman–Crippen LogP) is 2.71. The molecule has 0 aromatic rings. The van der Waals surface area contributed by atoms with E-state index in [1.807, 2.05) is 6.08 Å². The van der Waals surface area contributed by atoms with Crippen LogP contribution in [0.25, 0.3) is 0 Å². The SMILES string of the molecule is COC(=O)/C=C/C(C)C(C)=C(C)C. The Balaban J connectivity index is 4.31. The van der Waals surface area contributed by atoms with Gasteiger partial charge in [0.25, 0.3) is 0 Å². The topological polar surface area (TPSA) is 26.3 Å². The normalized spacial score (nSPS) is 12.7. The maximum Gasteiger partial charge on any atom is 0.330 e. The van der Waals surface area contributed by atoms with Crippen LogP contribution in [-0.4, -0.2) is 13.1 Å². The summed E-state index contributed by atoms with van der Waals surface area (Å²) in [6.45, 7) is 8.26. The molecule has 2 nitrogen and oxygen atoms in total. The molecule has 1 unspecified atom stereocenters. The molecule has 2 heteroatoms. The van der Waals surface area contributed by atoms with Crippen LogP contribution in [-0.2, 0) is 9.53 Å². The van der Waals surface area contributed by atoms with Gasteiger partial charge in [0.1, 0.15) is 0 Å². The zero-order valence-electron chi connectivity index (χ0n) is 9.05. The van der Waals surface area contributed by atoms with Crippen molar-refractivity contribution < 1.29 is 9.53 Å². The molecule has 0 spiro atoms. The van der Waals surface area contributed by atoms with Gasteiger partial charge >= 0.3 is 5.97 Å². The summed E-state index contributed by atoms with van der Waals surface area (Å²) in [5.74, 6) is -0.00231. The van der Waals surface area contributed by atoms with Crippen molar-refractivity contribution in [2.45, 2.75) is 27.7 Å². The van der Waals surface area contributed by atoms with E-state index < -0.39 is 0 Å². The van der Waals surface area contributed by atoms with Crippen molar-refractivity contribution in [1.82, 2.24) is 0 Å². The van der Waals surface area contributed by atoms with Gasteiger partial charge in [0.05, 0.1) is 7.11 Å². The molecule has 0 saturated heterocycles. The summed E-state index contributed by atoms with van der Waals surface area (Å²) in [6, 6.07) is 0. The van der Waals surface area contributed by atoms with E-state index >= 15 is 0 Å². The van der Waals surface area contributed by atoms with E-state index in [0.29, 0.717) is 5.92 Å². The first-order valence-corrected chi connectivity index (χ1v) is 4.39. The van der Waals surface area contributed by atoms with Gasteiger partial charge in [-0.2, -0.15) is 0 Å². The second kappa shape index (κ2) is 5.57. The number of hydrogen-bond acceptors (Lipinski definition) is 2. The van der Waals surface area contributed by atoms with E-state index in [0.717, 1.165) is 0 Å². The van der Waals surface area contributed by atoms with Crippen LogP contribution in [0.5, 0.6) is 0 Å². The number of carbonyl (C=O) groups is 1. The van der Waals surface area contributed by atoms with Crippen LogP contribution in [0.1, 0.15) is 27.7 Å². The standard InChI is InChI=1S/C11H18O2/c1-8(2)10(4)9(3)6-7-11(12)13-5/h6-7,9H,1-5H3/b7-6+. The fraction of sp³-hybridized carbons (Fsp3) is 0.545. The van der Waals surface area contributed by atoms with Crippen LogP contribution >= 0.6 is 0 Å². The lowest BCUT2D eigenvalue weighted by molar-refractivity contribution is -0.134. The lowest BCUT2D eigenvalue weighted by Gasteiger charge is -2.08. The highest BCUT2D eigenvalue weighted by atomic mass is 16.5. The minimum atomic E-state index is -0.298. The van der Waals surface area contributed by atoms with Crippen LogP contribution in [0.15, 0.2) is 23.3 Å². The molecular weight excluding hydrogens is 164 g/mol. The molecule has 13 heavy (non-hydrogen) atoms. The van der Waals surface area contributed by atoms with E-state index in [9.17, 15) is 4.79 Å². The molecule has 0 aromatic carbocycles. The Hall–Kier alpha value is -1.05. The van der Waals surface area contributed by atoms with Gasteiger partial charge in [-0.1, -0.05) is 24.1 Å². The van der Waals surface area contributed by atoms with Crippen molar-refractivity contribution in [2.24, 2.45) is 5.92 Å². The fourth-order valence-corrected chi connectivity index (χ4v) is 0.891. The number of hydrogen-bond donors (Lipinski definition) is 0. The quantitative estimate of drug-likeness (QED) is 0.381. The molecule has 0 aliphatic rings. The van der Waals surface area contributed by atoms with Gasteiger partial charge in [-0.25, -0.2) is 4.79 Å². The van der Waals surface area contributed by atoms with Gasteiger partial charge in [0.2, 0.25) is 0 Å². The third-order valence-corrected chi connectivity index (χ3v) is 2.19. The third-order valence-electron chi connectivity index (χ3n) is 2.19. The van der Waals surface area contributed by atoms with Crippen LogP contribution in [0.4, 0.5) is 0 Å². The first-order chi connectivity index (χ1) is 5.99. The maximum atomic E-state index is 10.8. The summed E-state index contributed by atoms with van der Waals surface area (Å²) < 4.78 is 4.50. The van der Waals surface area contributed by atoms with Crippen molar-refractivity contribution in [3.05, 3.63) is 23.3 Å². The zero-order chi connectivity index (χ0) is 10.4. The number of esters is 1. The molecular formula is C11H18O2. The highest BCUT2D eigenvalue weighted by Gasteiger charge is 2.01. The van der Waals surface area contributed by atoms with E-state index in [4.69, 9.17) is 0 Å². The first-order valence-electron chi connectivity index (χ1n) is 4.39. The molecule has 0 aromatic heterocycles. The molecule has 0 radical (unpaired) electrons. The van der Waals surface area contributed by atoms with Crippen molar-refractivity contribution in [3.8, 4) is 0 Å². The van der Waals surface area contributed by atoms with Gasteiger partial charge in [-0.05, 0) is 26.7 Å². The minimum absolute atomic E-state index is 0.295. The lowest BCUT2D eigenvalue weighted by Crippen LogP contribution is -1.98. The van der Waals surface area contributed by atoms with E-state index in [-0.39, 0.29) is 5.97 Å². The number of carbonyl (C=O) groups excluding carboxylic acids is 1. The van der Waals surface area contributed by atoms with Gasteiger partial charge in [-0.3, -0.25) is 0 Å². The fourth-order valence-electron chi connectivity index (χ4n) is 0.891. The zero-order valence-corrected chi connectivity index (χ0v) is 9.05. The molecule has 0 aliphatic carbocycles. The summed E-state index contributed by atoms with van der Waals surface area (Å²) >= 11 is 0. The maximum absolute atomic E-state index is 10.8. The molecule has 1 atom stereocenters. The van der Waals surface area contributed by atoms with Crippen LogP contribution in [0, 0.1) is 5.92 Å². The minimum Gasteiger partial charge on any atom is -0.466 e. The Morgan fingerprint density at radius 3 is 2.23 bits per heavy atom. The number of ether oxygens (including phenoxy) is 1. The molecule has 0 N–H and O–H groups in total. The number of methoxy groups -OCH3 is 1. The molecule has 0 heterocycles. The molecule has 0 rings (SSSR count). The summed E-state index contributed by atoms with van der Waals surface area (Å²) in [5, 5.41) is 0. The number of rotatable bonds is 3. The number of allylic oxidation sites excluding steroid dienone is 3. The van der Waals surface area contributed by atoms with Gasteiger partial charge in [0, 0.05) is 6.08 Å². The molecule has 0 aliphatic heterocycles. The predicted molar refractivity (Wildman–Crippen MR) is 54.4 cm³/mol. The highest BCUT2D eigenvalue weighted by molar-refractivity contribution is 5.81. The van der Waals surface area contributed by atoms with Crippen LogP contribution in [0.3, 0.4) is 0 Å². The monoisotopic (exact) mass is 182 g/mol. The second-order valence-electron chi connectivity index (χ2n) is 3.35. The Bertz CT molecular complexity index is 232. The first kappa shape index (κ1) is 11.9. The second-order valence-corrected chi connectivity index (χ2v) is 3.35. The largest absolute Gasteiger partial charge is 0.466 e. The Kier molecular flexibility index (Phi) is 5.12. The molecule has 0 bridgehead atoms. The highest BCUT2D eigenvalue weighted by Crippen LogP contribution is 2.15. The summed E-state index contributed by atoms with van der Waals surface area (Å²) in [4.78, 5) is 10.8. The van der Waals surface area contributed by atoms with Gasteiger partial charge in [-0.15, -0.1) is 0 Å². The van der Waals surface area contributed by atoms with Crippen LogP contribution in [0.2, 0.25) is 0 Å². The summed E-state index contributed by atoms with van der Waals surface area (Å²) in [6.07, 6.45) is 3.32. The Morgan fingerprint density at radius 2 is 1.85 bits per heavy atom. The van der Waals surface area contributed by atoms with E-state index in [1.165, 1.54) is 24.3 Å². The Morgan fingerprint density at radius 1 is 1.31 bits per heavy atom. The molecule has 0 saturated carbocycles. The lowest BCUT2D eigenvalue weighted by atomic mass is 9.98. The van der Waals surface area contributed by atoms with E-state index in [1.54, 1.807) is 0 Å². The Labute approximate surface area is 80.3 Å². The third kappa shape index (κ3) is 4.51. The van der Waals surface area contributed by atoms with Crippen molar-refractivity contribution in [1.29, 1.82) is 0 Å². The molecule has 0 amide bonds. The average Bonchev–Trinajstić information content (AvgIpc) is 2.11. The van der Waals surface area contributed by atoms with Gasteiger partial charge in [0.15, 0.2) is 0 Å². The van der Waals surface area contributed by atoms with E-state index in [2.05, 4.69) is 32.4 Å². The van der Waals surface area contributed by atoms with Crippen LogP contribution < -0.4 is 0 Å². The summed E-state index contributed by atoms with van der Waals surface area (Å²) in [7, 11) is 1.38. The average molecular weight is 182 g/mol. The molecule has 74 valence electrons. The van der Waals surface area contributed by atoms with Gasteiger partial charge < -0.3 is 4.74 Å². The van der Waals surface area contributed by atoms with Crippen molar-refractivity contribution in [2.75, 3.05) is 7.11 Å².